The molecule has 0 aliphatic heterocycles. The lowest BCUT2D eigenvalue weighted by molar-refractivity contribution is -0.385. The fourth-order valence-electron chi connectivity index (χ4n) is 1.28. The fourth-order valence-corrected chi connectivity index (χ4v) is 1.28. The van der Waals surface area contributed by atoms with Gasteiger partial charge in [0.2, 0.25) is 5.91 Å². The van der Waals surface area contributed by atoms with Crippen LogP contribution < -0.4 is 5.32 Å². The predicted octanol–water partition coefficient (Wildman–Crippen LogP) is -0.734. The maximum atomic E-state index is 11.3. The number of carbonyl (C=O) groups excluding carboxylic acids is 1. The highest BCUT2D eigenvalue weighted by Gasteiger charge is 2.16. The van der Waals surface area contributed by atoms with Gasteiger partial charge >= 0.3 is 7.12 Å². The molecule has 17 heavy (non-hydrogen) atoms. The van der Waals surface area contributed by atoms with Gasteiger partial charge in [-0.25, -0.2) is 0 Å². The number of para-hydroxylation sites is 1. The number of hydrogen-bond acceptors (Lipinski definition) is 5. The van der Waals surface area contributed by atoms with Gasteiger partial charge in [0.15, 0.2) is 0 Å². The largest absolute Gasteiger partial charge is 0.472 e. The first-order chi connectivity index (χ1) is 8.00. The Morgan fingerprint density at radius 3 is 2.65 bits per heavy atom. The van der Waals surface area contributed by atoms with E-state index in [1.54, 1.807) is 6.07 Å². The van der Waals surface area contributed by atoms with Gasteiger partial charge in [-0.2, -0.15) is 0 Å². The first-order valence-electron chi connectivity index (χ1n) is 4.86. The minimum atomic E-state index is -1.63. The summed E-state index contributed by atoms with van der Waals surface area (Å²) in [7, 11) is -1.63. The van der Waals surface area contributed by atoms with Gasteiger partial charge in [0.25, 0.3) is 5.69 Å². The number of nitro benzene ring substituents is 1. The topological polar surface area (TPSA) is 113 Å². The van der Waals surface area contributed by atoms with Crippen molar-refractivity contribution < 1.29 is 19.8 Å². The molecule has 0 heterocycles. The monoisotopic (exact) mass is 238 g/mol. The van der Waals surface area contributed by atoms with Crippen molar-refractivity contribution in [1.82, 2.24) is 5.32 Å². The molecule has 0 aromatic heterocycles. The van der Waals surface area contributed by atoms with Crippen LogP contribution >= 0.6 is 0 Å². The van der Waals surface area contributed by atoms with Gasteiger partial charge < -0.3 is 15.4 Å². The summed E-state index contributed by atoms with van der Waals surface area (Å²) in [6.45, 7) is 0. The van der Waals surface area contributed by atoms with Crippen molar-refractivity contribution in [3.8, 4) is 0 Å². The lowest BCUT2D eigenvalue weighted by Crippen LogP contribution is -2.35. The third-order valence-electron chi connectivity index (χ3n) is 2.02. The summed E-state index contributed by atoms with van der Waals surface area (Å²) >= 11 is 0. The van der Waals surface area contributed by atoms with Crippen LogP contribution in [0.1, 0.15) is 5.56 Å². The Balaban J connectivity index is 2.68. The summed E-state index contributed by atoms with van der Waals surface area (Å²) in [5.41, 5.74) is 0.148. The third kappa shape index (κ3) is 4.21. The highest BCUT2D eigenvalue weighted by Crippen LogP contribution is 2.17. The SMILES string of the molecule is O=C(Cc1ccccc1[N+](=O)[O-])NCB(O)O. The molecule has 0 aliphatic rings. The molecule has 7 nitrogen and oxygen atoms in total. The maximum Gasteiger partial charge on any atom is 0.472 e. The van der Waals surface area contributed by atoms with Crippen LogP contribution in [-0.2, 0) is 11.2 Å². The minimum Gasteiger partial charge on any atom is -0.426 e. The molecule has 8 heteroatoms. The molecule has 0 unspecified atom stereocenters. The Kier molecular flexibility index (Phi) is 4.62. The minimum absolute atomic E-state index is 0.132. The highest BCUT2D eigenvalue weighted by atomic mass is 16.6. The Morgan fingerprint density at radius 2 is 2.06 bits per heavy atom. The van der Waals surface area contributed by atoms with E-state index in [2.05, 4.69) is 5.32 Å². The number of nitrogens with zero attached hydrogens (tertiary/aromatic N) is 1. The van der Waals surface area contributed by atoms with E-state index in [-0.39, 0.29) is 24.1 Å². The summed E-state index contributed by atoms with van der Waals surface area (Å²) in [6.07, 6.45) is -0.483. The molecule has 0 saturated carbocycles. The van der Waals surface area contributed by atoms with Gasteiger partial charge in [-0.05, 0) is 0 Å². The number of benzene rings is 1. The van der Waals surface area contributed by atoms with Crippen LogP contribution in [0.2, 0.25) is 0 Å². The maximum absolute atomic E-state index is 11.3. The number of amides is 1. The van der Waals surface area contributed by atoms with Gasteiger partial charge in [0, 0.05) is 11.6 Å². The highest BCUT2D eigenvalue weighted by molar-refractivity contribution is 6.41. The zero-order valence-electron chi connectivity index (χ0n) is 8.87. The van der Waals surface area contributed by atoms with Crippen molar-refractivity contribution >= 4 is 18.7 Å². The number of nitro groups is 1. The van der Waals surface area contributed by atoms with Gasteiger partial charge in [-0.3, -0.25) is 14.9 Å². The summed E-state index contributed by atoms with van der Waals surface area (Å²) in [5, 5.41) is 30.0. The molecule has 90 valence electrons. The smallest absolute Gasteiger partial charge is 0.426 e. The molecule has 1 aromatic carbocycles. The van der Waals surface area contributed by atoms with Crippen LogP contribution in [0.15, 0.2) is 24.3 Å². The molecular weight excluding hydrogens is 227 g/mol. The summed E-state index contributed by atoms with van der Waals surface area (Å²) < 4.78 is 0. The fraction of sp³-hybridized carbons (Fsp3) is 0.222. The van der Waals surface area contributed by atoms with Crippen molar-refractivity contribution in [3.63, 3.8) is 0 Å². The molecule has 0 fully saturated rings. The van der Waals surface area contributed by atoms with Crippen molar-refractivity contribution in [1.29, 1.82) is 0 Å². The first-order valence-corrected chi connectivity index (χ1v) is 4.86. The number of hydrogen-bond donors (Lipinski definition) is 3. The van der Waals surface area contributed by atoms with E-state index in [1.165, 1.54) is 18.2 Å². The number of carbonyl (C=O) groups is 1. The molecule has 1 rings (SSSR count). The molecule has 0 bridgehead atoms. The second-order valence-electron chi connectivity index (χ2n) is 3.35. The van der Waals surface area contributed by atoms with E-state index in [4.69, 9.17) is 10.0 Å². The van der Waals surface area contributed by atoms with Crippen molar-refractivity contribution in [2.75, 3.05) is 6.44 Å². The molecule has 1 aromatic rings. The van der Waals surface area contributed by atoms with E-state index in [0.29, 0.717) is 0 Å². The summed E-state index contributed by atoms with van der Waals surface area (Å²) in [4.78, 5) is 21.4. The Hall–Kier alpha value is -1.93. The molecule has 3 N–H and O–H groups in total. The standard InChI is InChI=1S/C9H11BN2O5/c13-9(11-6-10(14)15)5-7-3-1-2-4-8(7)12(16)17/h1-4,14-15H,5-6H2,(H,11,13). The second-order valence-corrected chi connectivity index (χ2v) is 3.35. The van der Waals surface area contributed by atoms with Crippen LogP contribution in [-0.4, -0.2) is 34.4 Å². The van der Waals surface area contributed by atoms with Crippen LogP contribution in [0.4, 0.5) is 5.69 Å². The summed E-state index contributed by atoms with van der Waals surface area (Å²) in [6, 6.07) is 5.89. The van der Waals surface area contributed by atoms with Gasteiger partial charge in [0.05, 0.1) is 17.8 Å². The quantitative estimate of drug-likeness (QED) is 0.355. The van der Waals surface area contributed by atoms with E-state index in [0.717, 1.165) is 0 Å². The average Bonchev–Trinajstić information content (AvgIpc) is 2.27. The zero-order chi connectivity index (χ0) is 12.8. The lowest BCUT2D eigenvalue weighted by atomic mass is 9.92. The lowest BCUT2D eigenvalue weighted by Gasteiger charge is -2.04. The predicted molar refractivity (Wildman–Crippen MR) is 60.0 cm³/mol. The van der Waals surface area contributed by atoms with E-state index in [9.17, 15) is 14.9 Å². The molecule has 0 aliphatic carbocycles. The van der Waals surface area contributed by atoms with Gasteiger partial charge in [-0.1, -0.05) is 18.2 Å². The van der Waals surface area contributed by atoms with Crippen LogP contribution in [0.3, 0.4) is 0 Å². The normalized spacial score (nSPS) is 9.76. The Bertz CT molecular complexity index is 424. The van der Waals surface area contributed by atoms with Crippen molar-refractivity contribution in [2.45, 2.75) is 6.42 Å². The Labute approximate surface area is 97.4 Å². The van der Waals surface area contributed by atoms with Gasteiger partial charge in [0.1, 0.15) is 0 Å². The van der Waals surface area contributed by atoms with E-state index in [1.807, 2.05) is 0 Å². The summed E-state index contributed by atoms with van der Waals surface area (Å²) in [5.74, 6) is -0.507. The van der Waals surface area contributed by atoms with Crippen molar-refractivity contribution in [2.24, 2.45) is 0 Å². The second kappa shape index (κ2) is 5.97. The molecule has 0 atom stereocenters. The average molecular weight is 238 g/mol. The number of nitrogens with one attached hydrogen (secondary N) is 1. The third-order valence-corrected chi connectivity index (χ3v) is 2.02. The van der Waals surface area contributed by atoms with E-state index < -0.39 is 17.9 Å². The first kappa shape index (κ1) is 13.1. The molecule has 0 spiro atoms. The molecule has 0 radical (unpaired) electrons. The van der Waals surface area contributed by atoms with Crippen LogP contribution in [0.5, 0.6) is 0 Å². The Morgan fingerprint density at radius 1 is 1.41 bits per heavy atom. The van der Waals surface area contributed by atoms with Crippen LogP contribution in [0, 0.1) is 10.1 Å². The van der Waals surface area contributed by atoms with Crippen LogP contribution in [0.25, 0.3) is 0 Å². The van der Waals surface area contributed by atoms with Gasteiger partial charge in [-0.15, -0.1) is 0 Å². The number of rotatable bonds is 5. The molecular formula is C9H11BN2O5. The molecule has 1 amide bonds. The zero-order valence-corrected chi connectivity index (χ0v) is 8.87. The van der Waals surface area contributed by atoms with E-state index >= 15 is 0 Å². The molecule has 0 saturated heterocycles. The van der Waals surface area contributed by atoms with Crippen molar-refractivity contribution in [3.05, 3.63) is 39.9 Å².